The fourth-order valence-electron chi connectivity index (χ4n) is 3.14. The Balaban J connectivity index is 1.74. The predicted octanol–water partition coefficient (Wildman–Crippen LogP) is 0.587. The quantitative estimate of drug-likeness (QED) is 0.464. The van der Waals surface area contributed by atoms with Gasteiger partial charge in [-0.15, -0.1) is 0 Å². The molecule has 1 fully saturated rings. The summed E-state index contributed by atoms with van der Waals surface area (Å²) in [5, 5.41) is 14.0. The maximum absolute atomic E-state index is 13.9. The molecule has 31 heavy (non-hydrogen) atoms. The molecule has 11 nitrogen and oxygen atoms in total. The second-order valence-corrected chi connectivity index (χ2v) is 8.04. The molecule has 0 bridgehead atoms. The summed E-state index contributed by atoms with van der Waals surface area (Å²) >= 11 is 0. The summed E-state index contributed by atoms with van der Waals surface area (Å²) in [4.78, 5) is 41.4. The fourth-order valence-corrected chi connectivity index (χ4v) is 3.14. The molecular formula is C19H33FN6O5. The molecule has 2 heterocycles. The molecule has 2 aliphatic heterocycles. The average Bonchev–Trinajstić information content (AvgIpc) is 2.93. The Morgan fingerprint density at radius 3 is 2.52 bits per heavy atom. The van der Waals surface area contributed by atoms with Gasteiger partial charge in [-0.25, -0.2) is 14.6 Å². The number of aliphatic carboxylic acids is 1. The number of amides is 2. The highest BCUT2D eigenvalue weighted by Gasteiger charge is 2.26. The first-order chi connectivity index (χ1) is 14.8. The summed E-state index contributed by atoms with van der Waals surface area (Å²) in [5.74, 6) is -1.09. The molecule has 0 aromatic rings. The number of carbonyl (C=O) groups is 3. The summed E-state index contributed by atoms with van der Waals surface area (Å²) in [6.45, 7) is 6.61. The van der Waals surface area contributed by atoms with Gasteiger partial charge in [-0.1, -0.05) is 18.3 Å². The van der Waals surface area contributed by atoms with Gasteiger partial charge >= 0.3 is 12.1 Å². The number of aliphatic imine (C=N–C) groups is 1. The van der Waals surface area contributed by atoms with Crippen molar-refractivity contribution in [3.8, 4) is 0 Å². The summed E-state index contributed by atoms with van der Waals surface area (Å²) in [5.41, 5.74) is 2.97. The molecule has 12 heteroatoms. The lowest BCUT2D eigenvalue weighted by Crippen LogP contribution is -2.56. The zero-order valence-electron chi connectivity index (χ0n) is 18.2. The lowest BCUT2D eigenvalue weighted by molar-refractivity contribution is -0.140. The lowest BCUT2D eigenvalue weighted by atomic mass is 10.1. The molecule has 3 N–H and O–H groups in total. The van der Waals surface area contributed by atoms with E-state index in [2.05, 4.69) is 15.7 Å². The van der Waals surface area contributed by atoms with Crippen LogP contribution in [0.3, 0.4) is 0 Å². The molecule has 0 aromatic carbocycles. The van der Waals surface area contributed by atoms with Crippen molar-refractivity contribution >= 4 is 23.9 Å². The van der Waals surface area contributed by atoms with Crippen molar-refractivity contribution in [2.75, 3.05) is 45.9 Å². The van der Waals surface area contributed by atoms with E-state index in [1.807, 2.05) is 18.9 Å². The molecule has 1 atom stereocenters. The topological polar surface area (TPSA) is 127 Å². The van der Waals surface area contributed by atoms with Crippen molar-refractivity contribution in [2.24, 2.45) is 10.9 Å². The van der Waals surface area contributed by atoms with Crippen molar-refractivity contribution < 1.29 is 28.7 Å². The molecule has 2 aliphatic rings. The van der Waals surface area contributed by atoms with Crippen LogP contribution in [0.15, 0.2) is 4.99 Å². The van der Waals surface area contributed by atoms with E-state index in [0.29, 0.717) is 44.4 Å². The number of hydrogen-bond acceptors (Lipinski definition) is 8. The van der Waals surface area contributed by atoms with Gasteiger partial charge in [0.25, 0.3) is 0 Å². The number of nitrogens with zero attached hydrogens (tertiary/aromatic N) is 4. The van der Waals surface area contributed by atoms with Gasteiger partial charge in [0.15, 0.2) is 0 Å². The highest BCUT2D eigenvalue weighted by molar-refractivity contribution is 5.82. The van der Waals surface area contributed by atoms with Crippen LogP contribution < -0.4 is 10.7 Å². The molecule has 0 aliphatic carbocycles. The Morgan fingerprint density at radius 2 is 1.87 bits per heavy atom. The molecule has 0 spiro atoms. The van der Waals surface area contributed by atoms with Gasteiger partial charge < -0.3 is 20.1 Å². The van der Waals surface area contributed by atoms with Gasteiger partial charge in [-0.05, 0) is 25.2 Å². The third-order valence-electron chi connectivity index (χ3n) is 4.93. The van der Waals surface area contributed by atoms with Crippen LogP contribution in [0.5, 0.6) is 0 Å². The van der Waals surface area contributed by atoms with Gasteiger partial charge in [-0.2, -0.15) is 5.12 Å². The number of piperazine rings is 1. The molecule has 2 rings (SSSR count). The van der Waals surface area contributed by atoms with Crippen molar-refractivity contribution in [1.29, 1.82) is 0 Å². The van der Waals surface area contributed by atoms with Crippen LogP contribution in [-0.4, -0.2) is 96.0 Å². The van der Waals surface area contributed by atoms with E-state index in [1.54, 1.807) is 4.90 Å². The van der Waals surface area contributed by atoms with Gasteiger partial charge in [0.1, 0.15) is 6.04 Å². The molecule has 0 aromatic heterocycles. The maximum Gasteiger partial charge on any atom is 0.407 e. The number of guanidine groups is 1. The Kier molecular flexibility index (Phi) is 9.76. The van der Waals surface area contributed by atoms with Crippen LogP contribution >= 0.6 is 0 Å². The minimum absolute atomic E-state index is 0.0141. The van der Waals surface area contributed by atoms with Crippen LogP contribution in [-0.2, 0) is 14.3 Å². The normalized spacial score (nSPS) is 18.8. The van der Waals surface area contributed by atoms with Gasteiger partial charge in [-0.3, -0.25) is 15.2 Å². The zero-order valence-corrected chi connectivity index (χ0v) is 18.2. The van der Waals surface area contributed by atoms with Crippen LogP contribution in [0.25, 0.3) is 0 Å². The number of rotatable bonds is 8. The fraction of sp³-hybridized carbons (Fsp3) is 0.789. The maximum atomic E-state index is 13.9. The number of halogens is 1. The summed E-state index contributed by atoms with van der Waals surface area (Å²) in [7, 11) is 0. The molecular weight excluding hydrogens is 411 g/mol. The average molecular weight is 445 g/mol. The van der Waals surface area contributed by atoms with E-state index in [4.69, 9.17) is 4.74 Å². The lowest BCUT2D eigenvalue weighted by Gasteiger charge is -2.36. The number of hydrazine groups is 1. The standard InChI is InChI=1S/C19H33FN6O5/c1-14(2)13-31-19(30)22-15(17(28)29)5-6-16(27)24-9-11-25(12-10-24)23-18-21-7-3-4-8-26(18)20/h14-15H,3-13H2,1-2H3,(H,21,23)(H,22,30)(H,28,29)/t15-/m0/s1. The van der Waals surface area contributed by atoms with Crippen molar-refractivity contribution in [1.82, 2.24) is 25.8 Å². The van der Waals surface area contributed by atoms with Crippen molar-refractivity contribution in [2.45, 2.75) is 45.6 Å². The van der Waals surface area contributed by atoms with E-state index in [1.165, 1.54) is 0 Å². The Hall–Kier alpha value is -2.63. The zero-order chi connectivity index (χ0) is 22.8. The molecule has 0 unspecified atom stereocenters. The highest BCUT2D eigenvalue weighted by Crippen LogP contribution is 2.08. The third kappa shape index (κ3) is 8.56. The van der Waals surface area contributed by atoms with E-state index in [-0.39, 0.29) is 37.2 Å². The Labute approximate surface area is 181 Å². The number of carbonyl (C=O) groups excluding carboxylic acids is 2. The first-order valence-electron chi connectivity index (χ1n) is 10.7. The van der Waals surface area contributed by atoms with Gasteiger partial charge in [0.05, 0.1) is 13.2 Å². The van der Waals surface area contributed by atoms with E-state index in [9.17, 15) is 24.0 Å². The number of hydrogen-bond donors (Lipinski definition) is 3. The molecule has 0 radical (unpaired) electrons. The number of carboxylic acid groups (broad SMARTS) is 1. The van der Waals surface area contributed by atoms with E-state index in [0.717, 1.165) is 12.8 Å². The van der Waals surface area contributed by atoms with E-state index >= 15 is 0 Å². The second-order valence-electron chi connectivity index (χ2n) is 8.04. The first kappa shape index (κ1) is 24.6. The summed E-state index contributed by atoms with van der Waals surface area (Å²) in [6.07, 6.45) is 0.734. The monoisotopic (exact) mass is 444 g/mol. The minimum Gasteiger partial charge on any atom is -0.480 e. The SMILES string of the molecule is CC(C)COC(=O)N[C@@H](CCC(=O)N1CCN(NC2=NCCCCN2F)CC1)C(=O)O. The summed E-state index contributed by atoms with van der Waals surface area (Å²) < 4.78 is 18.9. The van der Waals surface area contributed by atoms with Gasteiger partial charge in [0, 0.05) is 39.1 Å². The van der Waals surface area contributed by atoms with Crippen LogP contribution in [0.4, 0.5) is 9.28 Å². The Bertz CT molecular complexity index is 654. The third-order valence-corrected chi connectivity index (χ3v) is 4.93. The molecule has 0 saturated carbocycles. The highest BCUT2D eigenvalue weighted by atomic mass is 19.2. The van der Waals surface area contributed by atoms with Crippen molar-refractivity contribution in [3.63, 3.8) is 0 Å². The van der Waals surface area contributed by atoms with E-state index < -0.39 is 18.1 Å². The molecule has 176 valence electrons. The van der Waals surface area contributed by atoms with Crippen molar-refractivity contribution in [3.05, 3.63) is 0 Å². The Morgan fingerprint density at radius 1 is 1.16 bits per heavy atom. The number of alkyl carbamates (subject to hydrolysis) is 1. The number of ether oxygens (including phenoxy) is 1. The summed E-state index contributed by atoms with van der Waals surface area (Å²) in [6, 6.07) is -1.20. The first-order valence-corrected chi connectivity index (χ1v) is 10.7. The van der Waals surface area contributed by atoms with Crippen LogP contribution in [0.1, 0.15) is 39.5 Å². The smallest absolute Gasteiger partial charge is 0.407 e. The molecule has 1 saturated heterocycles. The molecule has 2 amide bonds. The number of carboxylic acids is 1. The number of nitrogens with one attached hydrogen (secondary N) is 2. The predicted molar refractivity (Wildman–Crippen MR) is 111 cm³/mol. The second kappa shape index (κ2) is 12.3. The van der Waals surface area contributed by atoms with Crippen LogP contribution in [0.2, 0.25) is 0 Å². The van der Waals surface area contributed by atoms with Crippen LogP contribution in [0, 0.1) is 5.92 Å². The largest absolute Gasteiger partial charge is 0.480 e. The minimum atomic E-state index is -1.22. The van der Waals surface area contributed by atoms with Gasteiger partial charge in [0.2, 0.25) is 11.9 Å².